The van der Waals surface area contributed by atoms with Crippen molar-refractivity contribution in [1.82, 2.24) is 19.3 Å². The summed E-state index contributed by atoms with van der Waals surface area (Å²) in [4.78, 5) is 29.5. The van der Waals surface area contributed by atoms with E-state index in [9.17, 15) is 32.3 Å². The van der Waals surface area contributed by atoms with E-state index in [0.29, 0.717) is 18.5 Å². The maximum absolute atomic E-state index is 13.9. The third-order valence-corrected chi connectivity index (χ3v) is 8.08. The van der Waals surface area contributed by atoms with Gasteiger partial charge < -0.3 is 19.7 Å². The number of aliphatic hydroxyl groups is 1. The number of nitrogens with one attached hydrogen (secondary N) is 1. The average Bonchev–Trinajstić information content (AvgIpc) is 3.67. The van der Waals surface area contributed by atoms with Gasteiger partial charge in [-0.1, -0.05) is 0 Å². The van der Waals surface area contributed by atoms with Gasteiger partial charge in [-0.2, -0.15) is 23.5 Å². The van der Waals surface area contributed by atoms with Gasteiger partial charge in [0.15, 0.2) is 5.69 Å². The molecule has 14 heteroatoms. The number of fused-ring (bicyclic) bond motifs is 1. The van der Waals surface area contributed by atoms with Crippen LogP contribution in [0.3, 0.4) is 0 Å². The number of esters is 1. The summed E-state index contributed by atoms with van der Waals surface area (Å²) < 4.78 is 62.6. The Kier molecular flexibility index (Phi) is 7.57. The lowest BCUT2D eigenvalue weighted by molar-refractivity contribution is -0.147. The topological polar surface area (TPSA) is 135 Å². The summed E-state index contributed by atoms with van der Waals surface area (Å²) >= 11 is 0. The highest BCUT2D eigenvalue weighted by atomic mass is 19.4. The Bertz CT molecular complexity index is 1560. The molecule has 0 spiro atoms. The Morgan fingerprint density at radius 2 is 1.95 bits per heavy atom. The molecule has 0 saturated heterocycles. The highest BCUT2D eigenvalue weighted by Gasteiger charge is 2.54. The van der Waals surface area contributed by atoms with Crippen LogP contribution >= 0.6 is 0 Å². The second kappa shape index (κ2) is 10.9. The molecule has 3 aromatic rings. The standard InChI is InChI=1S/C28H28F4N6O4/c1-3-42-22(39)13-38-12-20(25(36-38)28(30,31)32)27(41)9-16-6-15(7-17(16)10-27)23-24(37(2)14-34-23)26(40)35-19-4-5-21(29)18(8-19)11-33/h4-5,8,12,14-17,41H,3,6-7,9-10,13H2,1-2H3,(H,35,40). The van der Waals surface area contributed by atoms with E-state index < -0.39 is 41.7 Å². The summed E-state index contributed by atoms with van der Waals surface area (Å²) in [6.07, 6.45) is -1.15. The van der Waals surface area contributed by atoms with Crippen LogP contribution in [0.5, 0.6) is 0 Å². The van der Waals surface area contributed by atoms with Crippen molar-refractivity contribution in [3.05, 3.63) is 64.7 Å². The zero-order chi connectivity index (χ0) is 30.4. The van der Waals surface area contributed by atoms with E-state index in [1.165, 1.54) is 18.5 Å². The van der Waals surface area contributed by atoms with Crippen LogP contribution in [-0.4, -0.2) is 42.9 Å². The normalized spacial score (nSPS) is 23.4. The van der Waals surface area contributed by atoms with Gasteiger partial charge in [-0.25, -0.2) is 9.37 Å². The first kappa shape index (κ1) is 29.2. The lowest BCUT2D eigenvalue weighted by atomic mass is 9.87. The van der Waals surface area contributed by atoms with Gasteiger partial charge in [-0.3, -0.25) is 14.3 Å². The quantitative estimate of drug-likeness (QED) is 0.311. The lowest BCUT2D eigenvalue weighted by Crippen LogP contribution is -2.26. The molecule has 2 atom stereocenters. The number of ether oxygens (including phenoxy) is 1. The molecule has 10 nitrogen and oxygen atoms in total. The number of nitriles is 1. The number of alkyl halides is 3. The summed E-state index contributed by atoms with van der Waals surface area (Å²) in [5.41, 5.74) is -2.55. The van der Waals surface area contributed by atoms with Crippen molar-refractivity contribution >= 4 is 17.6 Å². The van der Waals surface area contributed by atoms with Gasteiger partial charge >= 0.3 is 12.1 Å². The van der Waals surface area contributed by atoms with Crippen molar-refractivity contribution < 1.29 is 37.0 Å². The van der Waals surface area contributed by atoms with Crippen molar-refractivity contribution in [2.75, 3.05) is 11.9 Å². The molecule has 42 heavy (non-hydrogen) atoms. The number of aryl methyl sites for hydroxylation is 1. The minimum Gasteiger partial charge on any atom is -0.465 e. The van der Waals surface area contributed by atoms with Crippen LogP contribution < -0.4 is 5.32 Å². The largest absolute Gasteiger partial charge is 0.465 e. The number of imidazole rings is 1. The molecule has 0 radical (unpaired) electrons. The first-order valence-corrected chi connectivity index (χ1v) is 13.4. The Morgan fingerprint density at radius 1 is 1.26 bits per heavy atom. The van der Waals surface area contributed by atoms with Crippen LogP contribution in [0.1, 0.15) is 71.5 Å². The minimum absolute atomic E-state index is 0.0588. The number of carbonyl (C=O) groups excluding carboxylic acids is 2. The summed E-state index contributed by atoms with van der Waals surface area (Å²) in [5, 5.41) is 26.8. The molecule has 1 amide bonds. The fourth-order valence-corrected chi connectivity index (χ4v) is 6.40. The van der Waals surface area contributed by atoms with Crippen molar-refractivity contribution in [1.29, 1.82) is 5.26 Å². The molecular weight excluding hydrogens is 560 g/mol. The van der Waals surface area contributed by atoms with Crippen molar-refractivity contribution in [3.63, 3.8) is 0 Å². The number of rotatable bonds is 7. The fourth-order valence-electron chi connectivity index (χ4n) is 6.40. The van der Waals surface area contributed by atoms with Gasteiger partial charge in [0.1, 0.15) is 24.1 Å². The first-order chi connectivity index (χ1) is 19.8. The van der Waals surface area contributed by atoms with Gasteiger partial charge in [-0.15, -0.1) is 0 Å². The molecule has 222 valence electrons. The molecule has 2 N–H and O–H groups in total. The highest BCUT2D eigenvalue weighted by Crippen LogP contribution is 2.58. The van der Waals surface area contributed by atoms with Gasteiger partial charge in [0.25, 0.3) is 5.91 Å². The Balaban J connectivity index is 1.33. The van der Waals surface area contributed by atoms with Gasteiger partial charge in [-0.05, 0) is 62.6 Å². The van der Waals surface area contributed by atoms with Crippen molar-refractivity contribution in [3.8, 4) is 6.07 Å². The van der Waals surface area contributed by atoms with Crippen LogP contribution in [0, 0.1) is 29.0 Å². The Labute approximate surface area is 237 Å². The molecule has 2 aliphatic carbocycles. The summed E-state index contributed by atoms with van der Waals surface area (Å²) in [6, 6.07) is 5.38. The number of halogens is 4. The number of amides is 1. The predicted molar refractivity (Wildman–Crippen MR) is 138 cm³/mol. The van der Waals surface area contributed by atoms with Crippen molar-refractivity contribution in [2.45, 2.75) is 56.8 Å². The third-order valence-electron chi connectivity index (χ3n) is 8.08. The molecule has 1 aromatic carbocycles. The number of benzene rings is 1. The Morgan fingerprint density at radius 3 is 2.57 bits per heavy atom. The van der Waals surface area contributed by atoms with Crippen LogP contribution in [-0.2, 0) is 34.9 Å². The van der Waals surface area contributed by atoms with E-state index in [2.05, 4.69) is 15.4 Å². The molecule has 0 aliphatic heterocycles. The van der Waals surface area contributed by atoms with Gasteiger partial charge in [0.2, 0.25) is 0 Å². The number of aromatic nitrogens is 4. The molecule has 2 saturated carbocycles. The summed E-state index contributed by atoms with van der Waals surface area (Å²) in [7, 11) is 1.65. The minimum atomic E-state index is -4.83. The van der Waals surface area contributed by atoms with E-state index in [1.54, 1.807) is 24.6 Å². The molecule has 2 fully saturated rings. The number of hydrogen-bond donors (Lipinski definition) is 2. The summed E-state index contributed by atoms with van der Waals surface area (Å²) in [6.45, 7) is 1.14. The smallest absolute Gasteiger partial charge is 0.435 e. The molecule has 0 bridgehead atoms. The van der Waals surface area contributed by atoms with Crippen LogP contribution in [0.4, 0.5) is 23.2 Å². The molecule has 5 rings (SSSR count). The fraction of sp³-hybridized carbons (Fsp3) is 0.464. The van der Waals surface area contributed by atoms with E-state index in [1.807, 2.05) is 0 Å². The predicted octanol–water partition coefficient (Wildman–Crippen LogP) is 4.25. The maximum atomic E-state index is 13.9. The second-order valence-corrected chi connectivity index (χ2v) is 10.9. The van der Waals surface area contributed by atoms with Crippen LogP contribution in [0.25, 0.3) is 0 Å². The molecule has 2 heterocycles. The number of carbonyl (C=O) groups is 2. The highest BCUT2D eigenvalue weighted by molar-refractivity contribution is 6.04. The van der Waals surface area contributed by atoms with E-state index in [4.69, 9.17) is 10.00 Å². The molecule has 2 aromatic heterocycles. The van der Waals surface area contributed by atoms with Crippen LogP contribution in [0.2, 0.25) is 0 Å². The second-order valence-electron chi connectivity index (χ2n) is 10.9. The third kappa shape index (κ3) is 5.48. The molecular formula is C28H28F4N6O4. The average molecular weight is 589 g/mol. The van der Waals surface area contributed by atoms with Crippen molar-refractivity contribution in [2.24, 2.45) is 18.9 Å². The Hall–Kier alpha value is -4.25. The number of nitrogens with zero attached hydrogens (tertiary/aromatic N) is 5. The molecule has 2 aliphatic rings. The van der Waals surface area contributed by atoms with E-state index >= 15 is 0 Å². The number of anilines is 1. The monoisotopic (exact) mass is 588 g/mol. The van der Waals surface area contributed by atoms with E-state index in [-0.39, 0.29) is 59.7 Å². The number of hydrogen-bond acceptors (Lipinski definition) is 7. The van der Waals surface area contributed by atoms with Crippen LogP contribution in [0.15, 0.2) is 30.7 Å². The lowest BCUT2D eigenvalue weighted by Gasteiger charge is -2.25. The van der Waals surface area contributed by atoms with Gasteiger partial charge in [0, 0.05) is 30.4 Å². The SMILES string of the molecule is CCOC(=O)Cn1cc(C2(O)CC3CC(c4ncn(C)c4C(=O)Nc4ccc(F)c(C#N)c4)CC3C2)c(C(F)(F)F)n1. The van der Waals surface area contributed by atoms with Gasteiger partial charge in [0.05, 0.1) is 29.8 Å². The zero-order valence-electron chi connectivity index (χ0n) is 22.8. The van der Waals surface area contributed by atoms with E-state index in [0.717, 1.165) is 16.9 Å². The zero-order valence-corrected chi connectivity index (χ0v) is 22.8. The summed E-state index contributed by atoms with van der Waals surface area (Å²) in [5.74, 6) is -2.40. The maximum Gasteiger partial charge on any atom is 0.435 e. The first-order valence-electron chi connectivity index (χ1n) is 13.4. The molecule has 2 unspecified atom stereocenters.